The standard InChI is InChI=1S/C30H37FN6O5S/c1-17(2)34-28(38)35-18-8-9-22(19(31)14-18)42-23-10-11-32-20-15-24(43-25(20)23)27-33-16-21(36(27)6)26(30(3,4)5)37(29(39)40)12-13-41-7/h8-11,14-17,26H,12-13H2,1-7H3,(H,39,40)(H2,34,35,38). The number of benzene rings is 1. The predicted molar refractivity (Wildman–Crippen MR) is 164 cm³/mol. The van der Waals surface area contributed by atoms with Crippen LogP contribution in [0.1, 0.15) is 46.4 Å². The van der Waals surface area contributed by atoms with Gasteiger partial charge in [0.2, 0.25) is 0 Å². The smallest absolute Gasteiger partial charge is 0.407 e. The van der Waals surface area contributed by atoms with Crippen LogP contribution in [0.2, 0.25) is 0 Å². The van der Waals surface area contributed by atoms with Gasteiger partial charge in [0, 0.05) is 50.8 Å². The summed E-state index contributed by atoms with van der Waals surface area (Å²) in [4.78, 5) is 35.5. The summed E-state index contributed by atoms with van der Waals surface area (Å²) in [5.41, 5.74) is 1.24. The molecule has 4 aromatic rings. The highest BCUT2D eigenvalue weighted by atomic mass is 32.1. The van der Waals surface area contributed by atoms with Crippen molar-refractivity contribution in [2.75, 3.05) is 25.6 Å². The van der Waals surface area contributed by atoms with Crippen LogP contribution in [-0.2, 0) is 11.8 Å². The molecule has 3 amide bonds. The normalized spacial score (nSPS) is 12.4. The zero-order valence-electron chi connectivity index (χ0n) is 25.3. The topological polar surface area (TPSA) is 131 Å². The van der Waals surface area contributed by atoms with Gasteiger partial charge in [-0.2, -0.15) is 0 Å². The van der Waals surface area contributed by atoms with Crippen LogP contribution in [0.15, 0.2) is 42.7 Å². The van der Waals surface area contributed by atoms with E-state index in [0.29, 0.717) is 27.5 Å². The van der Waals surface area contributed by atoms with Crippen molar-refractivity contribution >= 4 is 39.4 Å². The molecule has 0 radical (unpaired) electrons. The minimum Gasteiger partial charge on any atom is -0.465 e. The number of fused-ring (bicyclic) bond motifs is 1. The van der Waals surface area contributed by atoms with Crippen LogP contribution in [0.25, 0.3) is 20.9 Å². The number of imidazole rings is 1. The van der Waals surface area contributed by atoms with E-state index in [0.717, 1.165) is 10.6 Å². The van der Waals surface area contributed by atoms with Crippen molar-refractivity contribution < 1.29 is 28.6 Å². The zero-order valence-corrected chi connectivity index (χ0v) is 26.1. The number of ether oxygens (including phenoxy) is 2. The van der Waals surface area contributed by atoms with E-state index in [9.17, 15) is 19.1 Å². The molecule has 3 heterocycles. The van der Waals surface area contributed by atoms with Gasteiger partial charge in [0.1, 0.15) is 11.6 Å². The molecule has 0 fully saturated rings. The highest BCUT2D eigenvalue weighted by Gasteiger charge is 2.37. The second kappa shape index (κ2) is 13.0. The number of amides is 3. The minimum atomic E-state index is -1.04. The molecule has 1 unspecified atom stereocenters. The largest absolute Gasteiger partial charge is 0.465 e. The van der Waals surface area contributed by atoms with E-state index in [1.54, 1.807) is 24.5 Å². The van der Waals surface area contributed by atoms with E-state index in [2.05, 4.69) is 20.6 Å². The van der Waals surface area contributed by atoms with Crippen molar-refractivity contribution in [1.82, 2.24) is 24.8 Å². The van der Waals surface area contributed by atoms with Crippen LogP contribution < -0.4 is 15.4 Å². The van der Waals surface area contributed by atoms with Gasteiger partial charge < -0.3 is 29.8 Å². The quantitative estimate of drug-likeness (QED) is 0.178. The fraction of sp³-hybridized carbons (Fsp3) is 0.400. The molecule has 0 spiro atoms. The van der Waals surface area contributed by atoms with E-state index >= 15 is 0 Å². The van der Waals surface area contributed by atoms with Crippen LogP contribution in [0, 0.1) is 11.2 Å². The average Bonchev–Trinajstić information content (AvgIpc) is 3.50. The van der Waals surface area contributed by atoms with Gasteiger partial charge in [-0.1, -0.05) is 20.8 Å². The lowest BCUT2D eigenvalue weighted by molar-refractivity contribution is 0.0585. The number of urea groups is 1. The third kappa shape index (κ3) is 7.23. The number of hydrogen-bond donors (Lipinski definition) is 3. The number of aromatic nitrogens is 3. The van der Waals surface area contributed by atoms with Gasteiger partial charge >= 0.3 is 12.1 Å². The SMILES string of the molecule is COCCN(C(=O)O)C(c1cnc(-c2cc3nccc(Oc4ccc(NC(=O)NC(C)C)cc4F)c3s2)n1C)C(C)(C)C. The molecule has 0 aliphatic heterocycles. The number of hydrogen-bond acceptors (Lipinski definition) is 7. The molecule has 1 aromatic carbocycles. The fourth-order valence-corrected chi connectivity index (χ4v) is 5.91. The summed E-state index contributed by atoms with van der Waals surface area (Å²) in [5.74, 6) is 0.408. The van der Waals surface area contributed by atoms with Crippen molar-refractivity contribution in [3.63, 3.8) is 0 Å². The fourth-order valence-electron chi connectivity index (χ4n) is 4.82. The molecule has 0 saturated carbocycles. The monoisotopic (exact) mass is 612 g/mol. The highest BCUT2D eigenvalue weighted by Crippen LogP contribution is 2.42. The van der Waals surface area contributed by atoms with Gasteiger partial charge in [0.15, 0.2) is 11.6 Å². The molecule has 0 bridgehead atoms. The molecule has 13 heteroatoms. The van der Waals surface area contributed by atoms with Crippen molar-refractivity contribution in [3.05, 3.63) is 54.2 Å². The Kier molecular flexibility index (Phi) is 9.55. The van der Waals surface area contributed by atoms with Gasteiger partial charge in [-0.05, 0) is 37.5 Å². The Morgan fingerprint density at radius 2 is 1.91 bits per heavy atom. The maximum Gasteiger partial charge on any atom is 0.407 e. The first-order valence-electron chi connectivity index (χ1n) is 13.7. The van der Waals surface area contributed by atoms with Gasteiger partial charge in [-0.25, -0.2) is 19.0 Å². The Morgan fingerprint density at radius 3 is 2.53 bits per heavy atom. The number of carbonyl (C=O) groups is 2. The summed E-state index contributed by atoms with van der Waals surface area (Å²) in [6.07, 6.45) is 2.25. The Hall–Kier alpha value is -4.23. The van der Waals surface area contributed by atoms with Crippen molar-refractivity contribution in [2.24, 2.45) is 12.5 Å². The van der Waals surface area contributed by atoms with Crippen LogP contribution in [0.3, 0.4) is 0 Å². The first-order valence-corrected chi connectivity index (χ1v) is 14.6. The number of nitrogens with one attached hydrogen (secondary N) is 2. The van der Waals surface area contributed by atoms with E-state index < -0.39 is 29.4 Å². The van der Waals surface area contributed by atoms with Gasteiger partial charge in [-0.3, -0.25) is 9.88 Å². The number of carbonyl (C=O) groups excluding carboxylic acids is 1. The number of halogens is 1. The van der Waals surface area contributed by atoms with Gasteiger partial charge in [0.05, 0.1) is 39.6 Å². The summed E-state index contributed by atoms with van der Waals surface area (Å²) < 4.78 is 28.7. The Labute approximate surface area is 253 Å². The van der Waals surface area contributed by atoms with Gasteiger partial charge in [0.25, 0.3) is 0 Å². The molecule has 4 rings (SSSR count). The number of pyridine rings is 1. The summed E-state index contributed by atoms with van der Waals surface area (Å²) in [6, 6.07) is 6.76. The summed E-state index contributed by atoms with van der Waals surface area (Å²) >= 11 is 1.39. The van der Waals surface area contributed by atoms with E-state index in [1.807, 2.05) is 52.3 Å². The lowest BCUT2D eigenvalue weighted by atomic mass is 9.83. The Bertz CT molecular complexity index is 1610. The zero-order chi connectivity index (χ0) is 31.5. The van der Waals surface area contributed by atoms with Crippen molar-refractivity contribution in [1.29, 1.82) is 0 Å². The molecular formula is C30H37FN6O5S. The van der Waals surface area contributed by atoms with Crippen molar-refractivity contribution in [3.8, 4) is 22.2 Å². The molecule has 3 N–H and O–H groups in total. The maximum atomic E-state index is 15.0. The maximum absolute atomic E-state index is 15.0. The molecule has 11 nitrogen and oxygen atoms in total. The molecule has 0 aliphatic rings. The van der Waals surface area contributed by atoms with E-state index in [-0.39, 0.29) is 24.9 Å². The lowest BCUT2D eigenvalue weighted by Gasteiger charge is -2.38. The molecule has 1 atom stereocenters. The summed E-state index contributed by atoms with van der Waals surface area (Å²) in [7, 11) is 3.39. The molecule has 0 aliphatic carbocycles. The number of methoxy groups -OCH3 is 1. The second-order valence-corrected chi connectivity index (χ2v) is 12.5. The summed E-state index contributed by atoms with van der Waals surface area (Å²) in [6.45, 7) is 10.1. The predicted octanol–water partition coefficient (Wildman–Crippen LogP) is 6.87. The first kappa shape index (κ1) is 31.7. The summed E-state index contributed by atoms with van der Waals surface area (Å²) in [5, 5.41) is 15.3. The Balaban J connectivity index is 1.64. The van der Waals surface area contributed by atoms with Crippen molar-refractivity contribution in [2.45, 2.75) is 46.7 Å². The lowest BCUT2D eigenvalue weighted by Crippen LogP contribution is -2.43. The molecular weight excluding hydrogens is 575 g/mol. The van der Waals surface area contributed by atoms with E-state index in [4.69, 9.17) is 9.47 Å². The van der Waals surface area contributed by atoms with Crippen LogP contribution in [0.4, 0.5) is 19.7 Å². The van der Waals surface area contributed by atoms with Crippen LogP contribution in [-0.4, -0.2) is 63.0 Å². The number of rotatable bonds is 10. The van der Waals surface area contributed by atoms with Crippen LogP contribution >= 0.6 is 11.3 Å². The number of anilines is 1. The second-order valence-electron chi connectivity index (χ2n) is 11.4. The third-order valence-electron chi connectivity index (χ3n) is 6.64. The average molecular weight is 613 g/mol. The molecule has 230 valence electrons. The molecule has 3 aromatic heterocycles. The molecule has 0 saturated heterocycles. The number of carboxylic acid groups (broad SMARTS) is 1. The molecule has 43 heavy (non-hydrogen) atoms. The number of nitrogens with zero attached hydrogens (tertiary/aromatic N) is 4. The Morgan fingerprint density at radius 1 is 1.16 bits per heavy atom. The highest BCUT2D eigenvalue weighted by molar-refractivity contribution is 7.22. The first-order chi connectivity index (χ1) is 20.3. The van der Waals surface area contributed by atoms with Gasteiger partial charge in [-0.15, -0.1) is 11.3 Å². The van der Waals surface area contributed by atoms with Crippen LogP contribution in [0.5, 0.6) is 11.5 Å². The number of thiophene rings is 1. The minimum absolute atomic E-state index is 0.00520. The third-order valence-corrected chi connectivity index (χ3v) is 7.78. The van der Waals surface area contributed by atoms with E-state index in [1.165, 1.54) is 35.5 Å².